The number of hydrogen-bond donors (Lipinski definition) is 0. The highest BCUT2D eigenvalue weighted by Gasteiger charge is 2.26. The molecule has 0 saturated carbocycles. The summed E-state index contributed by atoms with van der Waals surface area (Å²) in [7, 11) is 3.47. The molecule has 2 atom stereocenters. The molecule has 2 rings (SSSR count). The molecule has 1 aliphatic heterocycles. The Morgan fingerprint density at radius 1 is 1.44 bits per heavy atom. The molecule has 1 aliphatic rings. The Balaban J connectivity index is 2.01. The molecule has 4 nitrogen and oxygen atoms in total. The van der Waals surface area contributed by atoms with Gasteiger partial charge >= 0.3 is 0 Å². The Morgan fingerprint density at radius 3 is 3.00 bits per heavy atom. The summed E-state index contributed by atoms with van der Waals surface area (Å²) in [5.41, 5.74) is 1.14. The van der Waals surface area contributed by atoms with Gasteiger partial charge in [-0.15, -0.1) is 0 Å². The topological polar surface area (TPSA) is 34.6 Å². The largest absolute Gasteiger partial charge is 0.481 e. The molecule has 1 aromatic rings. The van der Waals surface area contributed by atoms with Crippen molar-refractivity contribution in [2.75, 3.05) is 27.3 Å². The van der Waals surface area contributed by atoms with Crippen molar-refractivity contribution in [2.24, 2.45) is 5.92 Å². The van der Waals surface area contributed by atoms with E-state index in [1.165, 1.54) is 6.42 Å². The van der Waals surface area contributed by atoms with Crippen molar-refractivity contribution >= 4 is 0 Å². The van der Waals surface area contributed by atoms with Crippen LogP contribution in [0.15, 0.2) is 18.3 Å². The molecule has 100 valence electrons. The average molecular weight is 250 g/mol. The molecule has 1 saturated heterocycles. The molecule has 2 heterocycles. The zero-order chi connectivity index (χ0) is 13.0. The highest BCUT2D eigenvalue weighted by Crippen LogP contribution is 2.23. The third-order valence-corrected chi connectivity index (χ3v) is 3.71. The third kappa shape index (κ3) is 3.00. The van der Waals surface area contributed by atoms with E-state index in [0.717, 1.165) is 31.1 Å². The van der Waals surface area contributed by atoms with Crippen molar-refractivity contribution < 1.29 is 9.47 Å². The van der Waals surface area contributed by atoms with Gasteiger partial charge in [0.25, 0.3) is 0 Å². The fourth-order valence-electron chi connectivity index (χ4n) is 2.52. The van der Waals surface area contributed by atoms with Gasteiger partial charge in [-0.1, -0.05) is 13.0 Å². The highest BCUT2D eigenvalue weighted by atomic mass is 16.5. The minimum atomic E-state index is 0.335. The molecule has 18 heavy (non-hydrogen) atoms. The summed E-state index contributed by atoms with van der Waals surface area (Å²) in [5, 5.41) is 0. The van der Waals surface area contributed by atoms with Gasteiger partial charge in [-0.2, -0.15) is 0 Å². The number of piperidine rings is 1. The van der Waals surface area contributed by atoms with Crippen molar-refractivity contribution in [3.8, 4) is 5.88 Å². The van der Waals surface area contributed by atoms with E-state index in [1.54, 1.807) is 20.4 Å². The van der Waals surface area contributed by atoms with Gasteiger partial charge < -0.3 is 9.47 Å². The Labute approximate surface area is 109 Å². The summed E-state index contributed by atoms with van der Waals surface area (Å²) >= 11 is 0. The van der Waals surface area contributed by atoms with Gasteiger partial charge in [-0.3, -0.25) is 4.90 Å². The van der Waals surface area contributed by atoms with Gasteiger partial charge in [0.05, 0.1) is 13.2 Å². The van der Waals surface area contributed by atoms with Gasteiger partial charge in [0.15, 0.2) is 0 Å². The van der Waals surface area contributed by atoms with Crippen molar-refractivity contribution in [1.82, 2.24) is 9.88 Å². The van der Waals surface area contributed by atoms with E-state index in [9.17, 15) is 0 Å². The van der Waals surface area contributed by atoms with E-state index in [1.807, 2.05) is 6.07 Å². The number of rotatable bonds is 4. The lowest BCUT2D eigenvalue weighted by Gasteiger charge is -2.36. The van der Waals surface area contributed by atoms with E-state index >= 15 is 0 Å². The molecule has 0 bridgehead atoms. The van der Waals surface area contributed by atoms with E-state index < -0.39 is 0 Å². The summed E-state index contributed by atoms with van der Waals surface area (Å²) in [4.78, 5) is 6.65. The predicted octanol–water partition coefficient (Wildman–Crippen LogP) is 1.95. The zero-order valence-corrected chi connectivity index (χ0v) is 11.4. The summed E-state index contributed by atoms with van der Waals surface area (Å²) in [6.07, 6.45) is 3.28. The van der Waals surface area contributed by atoms with Crippen LogP contribution in [0.4, 0.5) is 0 Å². The van der Waals surface area contributed by atoms with Gasteiger partial charge in [-0.25, -0.2) is 4.98 Å². The lowest BCUT2D eigenvalue weighted by molar-refractivity contribution is -0.00766. The van der Waals surface area contributed by atoms with Crippen LogP contribution in [0.1, 0.15) is 18.9 Å². The second-order valence-corrected chi connectivity index (χ2v) is 4.95. The van der Waals surface area contributed by atoms with Crippen LogP contribution >= 0.6 is 0 Å². The van der Waals surface area contributed by atoms with Crippen LogP contribution in [-0.2, 0) is 11.3 Å². The molecule has 0 aromatic carbocycles. The van der Waals surface area contributed by atoms with Gasteiger partial charge in [-0.05, 0) is 24.9 Å². The van der Waals surface area contributed by atoms with E-state index in [0.29, 0.717) is 12.0 Å². The normalized spacial score (nSPS) is 25.1. The lowest BCUT2D eigenvalue weighted by Crippen LogP contribution is -2.43. The first kappa shape index (κ1) is 13.3. The summed E-state index contributed by atoms with van der Waals surface area (Å²) < 4.78 is 10.8. The lowest BCUT2D eigenvalue weighted by atomic mass is 9.95. The van der Waals surface area contributed by atoms with Gasteiger partial charge in [0, 0.05) is 32.0 Å². The first-order valence-corrected chi connectivity index (χ1v) is 6.47. The van der Waals surface area contributed by atoms with E-state index in [4.69, 9.17) is 9.47 Å². The minimum absolute atomic E-state index is 0.335. The number of methoxy groups -OCH3 is 2. The molecular formula is C14H22N2O2. The molecule has 1 fully saturated rings. The van der Waals surface area contributed by atoms with Crippen LogP contribution in [0.2, 0.25) is 0 Å². The average Bonchev–Trinajstić information content (AvgIpc) is 2.41. The maximum Gasteiger partial charge on any atom is 0.217 e. The minimum Gasteiger partial charge on any atom is -0.481 e. The first-order chi connectivity index (χ1) is 8.74. The fraction of sp³-hybridized carbons (Fsp3) is 0.643. The van der Waals surface area contributed by atoms with Crippen molar-refractivity contribution in [3.63, 3.8) is 0 Å². The van der Waals surface area contributed by atoms with Gasteiger partial charge in [0.1, 0.15) is 0 Å². The van der Waals surface area contributed by atoms with Crippen LogP contribution in [-0.4, -0.2) is 43.3 Å². The van der Waals surface area contributed by atoms with E-state index in [-0.39, 0.29) is 0 Å². The fourth-order valence-corrected chi connectivity index (χ4v) is 2.52. The third-order valence-electron chi connectivity index (χ3n) is 3.71. The molecule has 0 spiro atoms. The second kappa shape index (κ2) is 6.16. The molecular weight excluding hydrogens is 228 g/mol. The number of ether oxygens (including phenoxy) is 2. The summed E-state index contributed by atoms with van der Waals surface area (Å²) in [5.74, 6) is 1.37. The molecule has 0 unspecified atom stereocenters. The van der Waals surface area contributed by atoms with Crippen molar-refractivity contribution in [2.45, 2.75) is 26.0 Å². The molecule has 0 aliphatic carbocycles. The second-order valence-electron chi connectivity index (χ2n) is 4.95. The Kier molecular flexibility index (Phi) is 4.55. The van der Waals surface area contributed by atoms with Crippen LogP contribution in [0.3, 0.4) is 0 Å². The van der Waals surface area contributed by atoms with E-state index in [2.05, 4.69) is 22.9 Å². The number of likely N-dealkylation sites (tertiary alicyclic amines) is 1. The van der Waals surface area contributed by atoms with Crippen molar-refractivity contribution in [3.05, 3.63) is 23.9 Å². The maximum atomic E-state index is 5.54. The quantitative estimate of drug-likeness (QED) is 0.818. The van der Waals surface area contributed by atoms with Crippen LogP contribution in [0, 0.1) is 5.92 Å². The summed E-state index contributed by atoms with van der Waals surface area (Å²) in [6.45, 7) is 5.23. The van der Waals surface area contributed by atoms with Crippen LogP contribution in [0.5, 0.6) is 5.88 Å². The van der Waals surface area contributed by atoms with Gasteiger partial charge in [0.2, 0.25) is 5.88 Å². The zero-order valence-electron chi connectivity index (χ0n) is 11.4. The molecule has 0 amide bonds. The van der Waals surface area contributed by atoms with Crippen LogP contribution in [0.25, 0.3) is 0 Å². The maximum absolute atomic E-state index is 5.54. The number of pyridine rings is 1. The smallest absolute Gasteiger partial charge is 0.217 e. The highest BCUT2D eigenvalue weighted by molar-refractivity contribution is 5.25. The molecule has 1 aromatic heterocycles. The van der Waals surface area contributed by atoms with Crippen molar-refractivity contribution in [1.29, 1.82) is 0 Å². The molecule has 0 radical (unpaired) electrons. The number of aromatic nitrogens is 1. The number of nitrogens with zero attached hydrogens (tertiary/aromatic N) is 2. The standard InChI is InChI=1S/C14H22N2O2/c1-11-6-8-16(10-13(11)17-2)9-12-5-4-7-15-14(12)18-3/h4-5,7,11,13H,6,8-10H2,1-3H3/t11-,13+/m1/s1. The predicted molar refractivity (Wildman–Crippen MR) is 70.6 cm³/mol. The monoisotopic (exact) mass is 250 g/mol. The SMILES string of the molecule is COc1ncccc1CN1CC[C@@H](C)[C@@H](OC)C1. The Bertz CT molecular complexity index is 384. The Morgan fingerprint density at radius 2 is 2.28 bits per heavy atom. The summed E-state index contributed by atoms with van der Waals surface area (Å²) in [6, 6.07) is 4.03. The van der Waals surface area contributed by atoms with Crippen LogP contribution < -0.4 is 4.74 Å². The number of hydrogen-bond acceptors (Lipinski definition) is 4. The first-order valence-electron chi connectivity index (χ1n) is 6.47. The Hall–Kier alpha value is -1.13. The molecule has 0 N–H and O–H groups in total. The molecule has 4 heteroatoms.